The van der Waals surface area contributed by atoms with E-state index in [2.05, 4.69) is 10.1 Å². The molecular weight excluding hydrogens is 329 g/mol. The van der Waals surface area contributed by atoms with E-state index in [1.807, 2.05) is 0 Å². The molecule has 1 aliphatic rings. The molecule has 0 saturated heterocycles. The standard InChI is InChI=1S/C16H20BNO7/c1-3-24-15(20)13-6-4-5-10-7-11(17(22)25-14(10)13)8-12(19)9-18-16(21)23-2/h4-6,11,22H,3,7-9H2,1-2H3,(H,18,21)/t11-/m1/s1. The number of carbonyl (C=O) groups excluding carboxylic acids is 3. The smallest absolute Gasteiger partial charge is 0.526 e. The highest BCUT2D eigenvalue weighted by Crippen LogP contribution is 2.36. The van der Waals surface area contributed by atoms with E-state index in [1.165, 1.54) is 7.11 Å². The summed E-state index contributed by atoms with van der Waals surface area (Å²) in [7, 11) is -0.0264. The molecular formula is C16H20BNO7. The maximum absolute atomic E-state index is 12.0. The Hall–Kier alpha value is -2.55. The number of methoxy groups -OCH3 is 1. The van der Waals surface area contributed by atoms with Gasteiger partial charge in [-0.3, -0.25) is 4.79 Å². The van der Waals surface area contributed by atoms with Crippen molar-refractivity contribution in [3.05, 3.63) is 29.3 Å². The molecule has 1 heterocycles. The van der Waals surface area contributed by atoms with Crippen LogP contribution in [0.15, 0.2) is 18.2 Å². The van der Waals surface area contributed by atoms with E-state index >= 15 is 0 Å². The van der Waals surface area contributed by atoms with Gasteiger partial charge in [0, 0.05) is 12.2 Å². The van der Waals surface area contributed by atoms with E-state index in [0.717, 1.165) is 5.56 Å². The molecule has 1 aromatic carbocycles. The van der Waals surface area contributed by atoms with Crippen LogP contribution >= 0.6 is 0 Å². The fourth-order valence-electron chi connectivity index (χ4n) is 2.64. The number of alkyl carbamates (subject to hydrolysis) is 1. The van der Waals surface area contributed by atoms with Crippen molar-refractivity contribution in [2.45, 2.75) is 25.6 Å². The number of amides is 1. The minimum absolute atomic E-state index is 0.0221. The molecule has 1 aromatic rings. The van der Waals surface area contributed by atoms with Gasteiger partial charge in [0.1, 0.15) is 11.3 Å². The average Bonchev–Trinajstić information content (AvgIpc) is 2.60. The summed E-state index contributed by atoms with van der Waals surface area (Å²) in [5.74, 6) is -0.979. The molecule has 0 radical (unpaired) electrons. The first-order valence-corrected chi connectivity index (χ1v) is 7.93. The number of ketones is 1. The lowest BCUT2D eigenvalue weighted by Gasteiger charge is -2.28. The number of Topliss-reactive ketones (excluding diaryl/α,β-unsaturated/α-hetero) is 1. The maximum atomic E-state index is 12.0. The molecule has 0 unspecified atom stereocenters. The predicted octanol–water partition coefficient (Wildman–Crippen LogP) is 0.964. The fraction of sp³-hybridized carbons (Fsp3) is 0.438. The van der Waals surface area contributed by atoms with Crippen LogP contribution < -0.4 is 9.97 Å². The third-order valence-corrected chi connectivity index (χ3v) is 3.82. The van der Waals surface area contributed by atoms with Gasteiger partial charge < -0.3 is 24.5 Å². The minimum Gasteiger partial charge on any atom is -0.535 e. The first-order valence-electron chi connectivity index (χ1n) is 7.93. The number of hydrogen-bond acceptors (Lipinski definition) is 7. The van der Waals surface area contributed by atoms with Gasteiger partial charge >= 0.3 is 19.2 Å². The SMILES string of the molecule is CCOC(=O)c1cccc2c1OB(O)[C@@H](CC(=O)CNC(=O)OC)C2. The van der Waals surface area contributed by atoms with Gasteiger partial charge in [-0.15, -0.1) is 0 Å². The number of rotatable bonds is 6. The van der Waals surface area contributed by atoms with Gasteiger partial charge in [0.2, 0.25) is 0 Å². The van der Waals surface area contributed by atoms with Crippen molar-refractivity contribution in [2.75, 3.05) is 20.3 Å². The van der Waals surface area contributed by atoms with Crippen LogP contribution in [0.3, 0.4) is 0 Å². The molecule has 0 spiro atoms. The largest absolute Gasteiger partial charge is 0.535 e. The summed E-state index contributed by atoms with van der Waals surface area (Å²) >= 11 is 0. The first kappa shape index (κ1) is 18.8. The van der Waals surface area contributed by atoms with Crippen LogP contribution in [0.4, 0.5) is 4.79 Å². The Morgan fingerprint density at radius 2 is 2.16 bits per heavy atom. The summed E-state index contributed by atoms with van der Waals surface area (Å²) in [6, 6.07) is 5.03. The molecule has 0 bridgehead atoms. The van der Waals surface area contributed by atoms with Gasteiger partial charge in [-0.05, 0) is 25.0 Å². The number of ether oxygens (including phenoxy) is 2. The van der Waals surface area contributed by atoms with E-state index in [4.69, 9.17) is 9.39 Å². The molecule has 25 heavy (non-hydrogen) atoms. The third kappa shape index (κ3) is 4.73. The Balaban J connectivity index is 2.06. The van der Waals surface area contributed by atoms with E-state index < -0.39 is 25.0 Å². The van der Waals surface area contributed by atoms with E-state index in [9.17, 15) is 19.4 Å². The molecule has 134 valence electrons. The van der Waals surface area contributed by atoms with Crippen LogP contribution in [0.25, 0.3) is 0 Å². The molecule has 0 aliphatic carbocycles. The summed E-state index contributed by atoms with van der Waals surface area (Å²) in [5, 5.41) is 12.5. The molecule has 0 aromatic heterocycles. The molecule has 2 rings (SSSR count). The van der Waals surface area contributed by atoms with Crippen molar-refractivity contribution in [3.63, 3.8) is 0 Å². The lowest BCUT2D eigenvalue weighted by molar-refractivity contribution is -0.118. The number of hydrogen-bond donors (Lipinski definition) is 2. The van der Waals surface area contributed by atoms with E-state index in [-0.39, 0.29) is 36.7 Å². The molecule has 8 nitrogen and oxygen atoms in total. The van der Waals surface area contributed by atoms with Gasteiger partial charge in [0.05, 0.1) is 20.3 Å². The summed E-state index contributed by atoms with van der Waals surface area (Å²) in [6.07, 6.45) is -0.305. The highest BCUT2D eigenvalue weighted by molar-refractivity contribution is 6.47. The second kappa shape index (κ2) is 8.52. The lowest BCUT2D eigenvalue weighted by atomic mass is 9.64. The Labute approximate surface area is 145 Å². The monoisotopic (exact) mass is 349 g/mol. The van der Waals surface area contributed by atoms with Crippen molar-refractivity contribution in [3.8, 4) is 5.75 Å². The molecule has 9 heteroatoms. The zero-order valence-electron chi connectivity index (χ0n) is 14.1. The third-order valence-electron chi connectivity index (χ3n) is 3.82. The average molecular weight is 349 g/mol. The van der Waals surface area contributed by atoms with Crippen molar-refractivity contribution in [1.82, 2.24) is 5.32 Å². The normalized spacial score (nSPS) is 15.6. The summed E-state index contributed by atoms with van der Waals surface area (Å²) in [4.78, 5) is 34.9. The number of esters is 1. The first-order chi connectivity index (χ1) is 12.0. The highest BCUT2D eigenvalue weighted by Gasteiger charge is 2.37. The molecule has 1 amide bonds. The van der Waals surface area contributed by atoms with E-state index in [0.29, 0.717) is 6.42 Å². The van der Waals surface area contributed by atoms with Gasteiger partial charge in [-0.1, -0.05) is 12.1 Å². The van der Waals surface area contributed by atoms with Crippen molar-refractivity contribution >= 4 is 25.0 Å². The Bertz CT molecular complexity index is 664. The number of fused-ring (bicyclic) bond motifs is 1. The van der Waals surface area contributed by atoms with Crippen LogP contribution in [0.1, 0.15) is 29.3 Å². The molecule has 1 aliphatic heterocycles. The second-order valence-corrected chi connectivity index (χ2v) is 5.57. The van der Waals surface area contributed by atoms with Gasteiger partial charge in [0.25, 0.3) is 0 Å². The van der Waals surface area contributed by atoms with E-state index in [1.54, 1.807) is 25.1 Å². The fourth-order valence-corrected chi connectivity index (χ4v) is 2.64. The Morgan fingerprint density at radius 1 is 1.40 bits per heavy atom. The summed E-state index contributed by atoms with van der Waals surface area (Å²) in [6.45, 7) is 1.74. The van der Waals surface area contributed by atoms with Gasteiger partial charge in [0.15, 0.2) is 5.78 Å². The van der Waals surface area contributed by atoms with Crippen LogP contribution in [0.2, 0.25) is 5.82 Å². The topological polar surface area (TPSA) is 111 Å². The summed E-state index contributed by atoms with van der Waals surface area (Å²) in [5.41, 5.74) is 0.963. The minimum atomic E-state index is -1.23. The van der Waals surface area contributed by atoms with Gasteiger partial charge in [-0.25, -0.2) is 9.59 Å². The number of carbonyl (C=O) groups is 3. The second-order valence-electron chi connectivity index (χ2n) is 5.57. The lowest BCUT2D eigenvalue weighted by Crippen LogP contribution is -2.37. The van der Waals surface area contributed by atoms with Crippen LogP contribution in [-0.4, -0.2) is 50.2 Å². The Kier molecular flexibility index (Phi) is 6.41. The predicted molar refractivity (Wildman–Crippen MR) is 88.5 cm³/mol. The zero-order valence-corrected chi connectivity index (χ0v) is 14.1. The number of benzene rings is 1. The van der Waals surface area contributed by atoms with Crippen molar-refractivity contribution in [1.29, 1.82) is 0 Å². The molecule has 1 atom stereocenters. The number of para-hydroxylation sites is 1. The molecule has 0 saturated carbocycles. The molecule has 2 N–H and O–H groups in total. The highest BCUT2D eigenvalue weighted by atomic mass is 16.5. The van der Waals surface area contributed by atoms with Crippen molar-refractivity contribution in [2.24, 2.45) is 0 Å². The quantitative estimate of drug-likeness (QED) is 0.581. The van der Waals surface area contributed by atoms with Crippen LogP contribution in [0.5, 0.6) is 5.75 Å². The Morgan fingerprint density at radius 3 is 2.84 bits per heavy atom. The van der Waals surface area contributed by atoms with Crippen LogP contribution in [-0.2, 0) is 20.7 Å². The zero-order chi connectivity index (χ0) is 18.4. The maximum Gasteiger partial charge on any atom is 0.526 e. The van der Waals surface area contributed by atoms with Crippen LogP contribution in [0, 0.1) is 0 Å². The van der Waals surface area contributed by atoms with Crippen molar-refractivity contribution < 1.29 is 33.5 Å². The van der Waals surface area contributed by atoms with Gasteiger partial charge in [-0.2, -0.15) is 0 Å². The summed E-state index contributed by atoms with van der Waals surface area (Å²) < 4.78 is 14.9. The molecule has 0 fully saturated rings. The number of nitrogens with one attached hydrogen (secondary N) is 1.